The molecule has 2 amide bonds. The molecule has 1 atom stereocenters. The van der Waals surface area contributed by atoms with E-state index < -0.39 is 28.5 Å². The van der Waals surface area contributed by atoms with Crippen LogP contribution in [0.4, 0.5) is 5.69 Å². The molecule has 0 aliphatic heterocycles. The number of nitrogens with one attached hydrogen (secondary N) is 1. The topological polar surface area (TPSA) is 86.8 Å². The Balaban J connectivity index is 1.60. The lowest BCUT2D eigenvalue weighted by atomic mass is 10.0. The maximum absolute atomic E-state index is 14.7. The van der Waals surface area contributed by atoms with E-state index in [1.165, 1.54) is 23.1 Å². The van der Waals surface area contributed by atoms with Crippen molar-refractivity contribution in [3.05, 3.63) is 129 Å². The van der Waals surface area contributed by atoms with Crippen LogP contribution in [0, 0.1) is 6.92 Å². The summed E-state index contributed by atoms with van der Waals surface area (Å²) < 4.78 is 29.5. The van der Waals surface area contributed by atoms with Crippen molar-refractivity contribution in [3.63, 3.8) is 0 Å². The summed E-state index contributed by atoms with van der Waals surface area (Å²) in [7, 11) is -4.25. The number of carbonyl (C=O) groups is 2. The molecule has 0 heterocycles. The molecule has 246 valence electrons. The Morgan fingerprint density at radius 1 is 0.851 bits per heavy atom. The van der Waals surface area contributed by atoms with Gasteiger partial charge in [-0.1, -0.05) is 108 Å². The number of halogens is 3. The smallest absolute Gasteiger partial charge is 0.264 e. The Kier molecular flexibility index (Phi) is 11.5. The second-order valence-electron chi connectivity index (χ2n) is 11.7. The van der Waals surface area contributed by atoms with Crippen molar-refractivity contribution in [2.45, 2.75) is 62.6 Å². The van der Waals surface area contributed by atoms with E-state index in [1.807, 2.05) is 30.3 Å². The van der Waals surface area contributed by atoms with Crippen molar-refractivity contribution in [2.24, 2.45) is 0 Å². The van der Waals surface area contributed by atoms with Gasteiger partial charge < -0.3 is 10.2 Å². The predicted octanol–water partition coefficient (Wildman–Crippen LogP) is 7.85. The van der Waals surface area contributed by atoms with Gasteiger partial charge in [0, 0.05) is 34.1 Å². The second kappa shape index (κ2) is 15.6. The average Bonchev–Trinajstić information content (AvgIpc) is 3.57. The van der Waals surface area contributed by atoms with E-state index in [4.69, 9.17) is 34.8 Å². The fourth-order valence-electron chi connectivity index (χ4n) is 5.84. The average molecular weight is 713 g/mol. The first kappa shape index (κ1) is 34.8. The molecule has 0 unspecified atom stereocenters. The van der Waals surface area contributed by atoms with Crippen LogP contribution in [0.1, 0.15) is 42.4 Å². The molecule has 5 rings (SSSR count). The zero-order valence-corrected chi connectivity index (χ0v) is 29.0. The van der Waals surface area contributed by atoms with Crippen LogP contribution in [0.15, 0.2) is 102 Å². The minimum Gasteiger partial charge on any atom is -0.352 e. The van der Waals surface area contributed by atoms with Gasteiger partial charge in [0.1, 0.15) is 12.6 Å². The Morgan fingerprint density at radius 3 is 2.13 bits per heavy atom. The third-order valence-corrected chi connectivity index (χ3v) is 11.0. The molecule has 4 aromatic rings. The molecular weight excluding hydrogens is 677 g/mol. The molecule has 0 saturated heterocycles. The quantitative estimate of drug-likeness (QED) is 0.162. The first-order chi connectivity index (χ1) is 22.5. The first-order valence-corrected chi connectivity index (χ1v) is 18.0. The maximum Gasteiger partial charge on any atom is 0.264 e. The highest BCUT2D eigenvalue weighted by Gasteiger charge is 2.36. The van der Waals surface area contributed by atoms with Gasteiger partial charge in [0.15, 0.2) is 0 Å². The van der Waals surface area contributed by atoms with E-state index in [2.05, 4.69) is 5.32 Å². The van der Waals surface area contributed by atoms with Gasteiger partial charge in [-0.3, -0.25) is 13.9 Å². The van der Waals surface area contributed by atoms with Gasteiger partial charge in [0.05, 0.1) is 10.6 Å². The van der Waals surface area contributed by atoms with Crippen molar-refractivity contribution >= 4 is 62.3 Å². The van der Waals surface area contributed by atoms with E-state index in [9.17, 15) is 18.0 Å². The highest BCUT2D eigenvalue weighted by molar-refractivity contribution is 7.92. The molecule has 1 aliphatic rings. The zero-order chi connectivity index (χ0) is 33.6. The van der Waals surface area contributed by atoms with Crippen LogP contribution < -0.4 is 9.62 Å². The van der Waals surface area contributed by atoms with Gasteiger partial charge in [0.25, 0.3) is 10.0 Å². The van der Waals surface area contributed by atoms with E-state index in [1.54, 1.807) is 55.5 Å². The van der Waals surface area contributed by atoms with E-state index in [-0.39, 0.29) is 35.5 Å². The van der Waals surface area contributed by atoms with Crippen LogP contribution in [-0.2, 0) is 32.6 Å². The molecule has 0 bridgehead atoms. The summed E-state index contributed by atoms with van der Waals surface area (Å²) in [5.41, 5.74) is 2.27. The molecule has 0 aromatic heterocycles. The second-order valence-corrected chi connectivity index (χ2v) is 14.9. The number of rotatable bonds is 12. The first-order valence-electron chi connectivity index (χ1n) is 15.4. The van der Waals surface area contributed by atoms with Crippen molar-refractivity contribution < 1.29 is 18.0 Å². The summed E-state index contributed by atoms with van der Waals surface area (Å²) >= 11 is 19.2. The normalized spacial score (nSPS) is 14.0. The van der Waals surface area contributed by atoms with Gasteiger partial charge in [-0.25, -0.2) is 8.42 Å². The number of carbonyl (C=O) groups excluding carboxylic acids is 2. The minimum absolute atomic E-state index is 0.000845. The number of sulfonamides is 1. The molecule has 47 heavy (non-hydrogen) atoms. The zero-order valence-electron chi connectivity index (χ0n) is 25.9. The van der Waals surface area contributed by atoms with Crippen molar-refractivity contribution in [2.75, 3.05) is 10.8 Å². The van der Waals surface area contributed by atoms with Crippen molar-refractivity contribution in [1.82, 2.24) is 10.2 Å². The summed E-state index contributed by atoms with van der Waals surface area (Å²) in [6, 6.07) is 26.2. The molecule has 1 fully saturated rings. The van der Waals surface area contributed by atoms with Gasteiger partial charge in [0.2, 0.25) is 11.8 Å². The molecular formula is C36H36Cl3N3O4S. The number of aryl methyl sites for hydroxylation is 1. The van der Waals surface area contributed by atoms with Crippen molar-refractivity contribution in [3.8, 4) is 0 Å². The Hall–Kier alpha value is -3.56. The molecule has 11 heteroatoms. The molecule has 0 spiro atoms. The van der Waals surface area contributed by atoms with Crippen LogP contribution in [0.3, 0.4) is 0 Å². The minimum atomic E-state index is -4.25. The third-order valence-electron chi connectivity index (χ3n) is 8.38. The van der Waals surface area contributed by atoms with Crippen LogP contribution in [-0.4, -0.2) is 43.8 Å². The third kappa shape index (κ3) is 8.68. The molecule has 0 radical (unpaired) electrons. The molecule has 7 nitrogen and oxygen atoms in total. The maximum atomic E-state index is 14.7. The number of benzene rings is 4. The van der Waals surface area contributed by atoms with E-state index >= 15 is 0 Å². The summed E-state index contributed by atoms with van der Waals surface area (Å²) in [6.07, 6.45) is 3.96. The lowest BCUT2D eigenvalue weighted by Crippen LogP contribution is -2.54. The molecule has 1 saturated carbocycles. The molecule has 4 aromatic carbocycles. The summed E-state index contributed by atoms with van der Waals surface area (Å²) in [5.74, 6) is -0.895. The van der Waals surface area contributed by atoms with Crippen LogP contribution in [0.2, 0.25) is 15.1 Å². The molecule has 1 aliphatic carbocycles. The van der Waals surface area contributed by atoms with Gasteiger partial charge in [-0.15, -0.1) is 0 Å². The fraction of sp³-hybridized carbons (Fsp3) is 0.278. The van der Waals surface area contributed by atoms with Gasteiger partial charge in [-0.05, 0) is 72.9 Å². The molecule has 1 N–H and O–H groups in total. The summed E-state index contributed by atoms with van der Waals surface area (Å²) in [5, 5.41) is 4.23. The van der Waals surface area contributed by atoms with Crippen molar-refractivity contribution in [1.29, 1.82) is 0 Å². The number of nitrogens with zero attached hydrogens (tertiary/aromatic N) is 2. The fourth-order valence-corrected chi connectivity index (χ4v) is 7.97. The highest BCUT2D eigenvalue weighted by Crippen LogP contribution is 2.31. The van der Waals surface area contributed by atoms with E-state index in [0.717, 1.165) is 35.6 Å². The Morgan fingerprint density at radius 2 is 1.47 bits per heavy atom. The predicted molar refractivity (Wildman–Crippen MR) is 189 cm³/mol. The monoisotopic (exact) mass is 711 g/mol. The Bertz CT molecular complexity index is 1820. The number of hydrogen-bond acceptors (Lipinski definition) is 4. The standard InChI is InChI=1S/C36H36Cl3N3O4S/c1-25-16-18-29(38)22-33(25)42(47(45,46)31-14-6-3-7-15-31)24-35(43)41(23-27-17-19-28(37)21-32(27)39)34(20-26-10-4-2-5-11-26)36(44)40-30-12-8-9-13-30/h2-7,10-11,14-19,21-22,30,34H,8-9,12-13,20,23-24H2,1H3,(H,40,44)/t34-/m0/s1. The highest BCUT2D eigenvalue weighted by atomic mass is 35.5. The SMILES string of the molecule is Cc1ccc(Cl)cc1N(CC(=O)N(Cc1ccc(Cl)cc1Cl)[C@@H](Cc1ccccc1)C(=O)NC1CCCC1)S(=O)(=O)c1ccccc1. The number of amides is 2. The van der Waals surface area contributed by atoms with Gasteiger partial charge >= 0.3 is 0 Å². The van der Waals surface area contributed by atoms with E-state index in [0.29, 0.717) is 26.2 Å². The summed E-state index contributed by atoms with van der Waals surface area (Å²) in [6.45, 7) is 1.10. The largest absolute Gasteiger partial charge is 0.352 e. The lowest BCUT2D eigenvalue weighted by Gasteiger charge is -2.35. The number of hydrogen-bond donors (Lipinski definition) is 1. The van der Waals surface area contributed by atoms with Crippen LogP contribution in [0.5, 0.6) is 0 Å². The Labute approximate surface area is 291 Å². The lowest BCUT2D eigenvalue weighted by molar-refractivity contribution is -0.140. The number of anilines is 1. The summed E-state index contributed by atoms with van der Waals surface area (Å²) in [4.78, 5) is 30.3. The van der Waals surface area contributed by atoms with Gasteiger partial charge in [-0.2, -0.15) is 0 Å². The van der Waals surface area contributed by atoms with Crippen LogP contribution in [0.25, 0.3) is 0 Å². The van der Waals surface area contributed by atoms with Crippen LogP contribution >= 0.6 is 34.8 Å².